The molecular weight excluding hydrogens is 128 g/mol. The molecule has 10 heavy (non-hydrogen) atoms. The summed E-state index contributed by atoms with van der Waals surface area (Å²) in [5.41, 5.74) is 0. The lowest BCUT2D eigenvalue weighted by Crippen LogP contribution is -1.82. The summed E-state index contributed by atoms with van der Waals surface area (Å²) in [6.45, 7) is 8.38. The van der Waals surface area contributed by atoms with Gasteiger partial charge in [-0.2, -0.15) is 0 Å². The minimum Gasteiger partial charge on any atom is -0.303 e. The van der Waals surface area contributed by atoms with E-state index < -0.39 is 0 Å². The number of carbonyl (C=O) groups excluding carboxylic acids is 2. The first-order valence-electron chi connectivity index (χ1n) is 3.12. The van der Waals surface area contributed by atoms with Crippen LogP contribution in [0.1, 0.15) is 20.8 Å². The summed E-state index contributed by atoms with van der Waals surface area (Å²) in [6.07, 6.45) is 2.19. The van der Waals surface area contributed by atoms with Crippen molar-refractivity contribution in [3.63, 3.8) is 0 Å². The first kappa shape index (κ1) is 11.8. The molecule has 0 radical (unpaired) electrons. The SMILES string of the molecule is C=CC(C)=O.CC(C)C=O. The molecule has 0 aliphatic rings. The zero-order valence-corrected chi connectivity index (χ0v) is 6.76. The van der Waals surface area contributed by atoms with Gasteiger partial charge in [0.25, 0.3) is 0 Å². The van der Waals surface area contributed by atoms with Gasteiger partial charge in [-0.25, -0.2) is 0 Å². The Morgan fingerprint density at radius 3 is 1.70 bits per heavy atom. The fraction of sp³-hybridized carbons (Fsp3) is 0.500. The number of carbonyl (C=O) groups is 2. The normalized spacial score (nSPS) is 7.60. The molecule has 0 aromatic rings. The molecule has 0 aliphatic carbocycles. The number of aldehydes is 1. The second-order valence-electron chi connectivity index (χ2n) is 2.19. The molecular formula is C8H14O2. The zero-order valence-electron chi connectivity index (χ0n) is 6.76. The molecule has 58 valence electrons. The molecule has 0 rings (SSSR count). The van der Waals surface area contributed by atoms with Crippen LogP contribution >= 0.6 is 0 Å². The molecule has 0 aromatic carbocycles. The highest BCUT2D eigenvalue weighted by molar-refractivity contribution is 5.86. The Morgan fingerprint density at radius 2 is 1.70 bits per heavy atom. The van der Waals surface area contributed by atoms with Gasteiger partial charge in [0.05, 0.1) is 0 Å². The highest BCUT2D eigenvalue weighted by atomic mass is 16.1. The van der Waals surface area contributed by atoms with Crippen LogP contribution in [0.3, 0.4) is 0 Å². The van der Waals surface area contributed by atoms with Crippen LogP contribution in [-0.2, 0) is 9.59 Å². The Morgan fingerprint density at radius 1 is 1.50 bits per heavy atom. The van der Waals surface area contributed by atoms with Crippen LogP contribution in [0.5, 0.6) is 0 Å². The highest BCUT2D eigenvalue weighted by Crippen LogP contribution is 1.78. The van der Waals surface area contributed by atoms with Crippen LogP contribution in [0.4, 0.5) is 0 Å². The molecule has 2 heteroatoms. The van der Waals surface area contributed by atoms with E-state index in [0.29, 0.717) is 0 Å². The van der Waals surface area contributed by atoms with Gasteiger partial charge in [-0.15, -0.1) is 0 Å². The van der Waals surface area contributed by atoms with E-state index in [4.69, 9.17) is 0 Å². The van der Waals surface area contributed by atoms with E-state index in [2.05, 4.69) is 6.58 Å². The maximum absolute atomic E-state index is 9.69. The molecule has 0 heterocycles. The van der Waals surface area contributed by atoms with Gasteiger partial charge >= 0.3 is 0 Å². The van der Waals surface area contributed by atoms with Gasteiger partial charge in [-0.1, -0.05) is 20.4 Å². The van der Waals surface area contributed by atoms with Gasteiger partial charge in [0.1, 0.15) is 6.29 Å². The number of ketones is 1. The number of hydrogen-bond donors (Lipinski definition) is 0. The van der Waals surface area contributed by atoms with Crippen molar-refractivity contribution in [2.75, 3.05) is 0 Å². The third-order valence-electron chi connectivity index (χ3n) is 0.560. The van der Waals surface area contributed by atoms with Crippen LogP contribution in [0.2, 0.25) is 0 Å². The van der Waals surface area contributed by atoms with Gasteiger partial charge in [0.15, 0.2) is 5.78 Å². The number of allylic oxidation sites excluding steroid dienone is 1. The van der Waals surface area contributed by atoms with Crippen molar-refractivity contribution in [3.05, 3.63) is 12.7 Å². The monoisotopic (exact) mass is 142 g/mol. The third-order valence-corrected chi connectivity index (χ3v) is 0.560. The van der Waals surface area contributed by atoms with Crippen molar-refractivity contribution in [2.45, 2.75) is 20.8 Å². The van der Waals surface area contributed by atoms with E-state index in [9.17, 15) is 9.59 Å². The van der Waals surface area contributed by atoms with Gasteiger partial charge in [-0.05, 0) is 13.0 Å². The molecule has 0 fully saturated rings. The van der Waals surface area contributed by atoms with E-state index in [-0.39, 0.29) is 11.7 Å². The highest BCUT2D eigenvalue weighted by Gasteiger charge is 1.79. The lowest BCUT2D eigenvalue weighted by molar-refractivity contribution is -0.112. The van der Waals surface area contributed by atoms with Crippen LogP contribution in [0, 0.1) is 5.92 Å². The van der Waals surface area contributed by atoms with E-state index in [1.807, 2.05) is 13.8 Å². The summed E-state index contributed by atoms with van der Waals surface area (Å²) in [4.78, 5) is 19.2. The van der Waals surface area contributed by atoms with Crippen LogP contribution in [0.25, 0.3) is 0 Å². The summed E-state index contributed by atoms with van der Waals surface area (Å²) in [6, 6.07) is 0. The average Bonchev–Trinajstić information content (AvgIpc) is 1.89. The summed E-state index contributed by atoms with van der Waals surface area (Å²) >= 11 is 0. The molecule has 0 saturated heterocycles. The van der Waals surface area contributed by atoms with Crippen molar-refractivity contribution in [2.24, 2.45) is 5.92 Å². The largest absolute Gasteiger partial charge is 0.303 e. The molecule has 0 unspecified atom stereocenters. The zero-order chi connectivity index (χ0) is 8.57. The fourth-order valence-electron chi connectivity index (χ4n) is 0. The number of rotatable bonds is 2. The molecule has 0 saturated carbocycles. The molecule has 0 atom stereocenters. The molecule has 0 aromatic heterocycles. The quantitative estimate of drug-likeness (QED) is 0.433. The minimum absolute atomic E-state index is 0.0185. The van der Waals surface area contributed by atoms with E-state index in [1.165, 1.54) is 13.0 Å². The smallest absolute Gasteiger partial charge is 0.152 e. The van der Waals surface area contributed by atoms with Crippen molar-refractivity contribution in [1.82, 2.24) is 0 Å². The minimum atomic E-state index is 0.0185. The maximum atomic E-state index is 9.69. The topological polar surface area (TPSA) is 34.1 Å². The fourth-order valence-corrected chi connectivity index (χ4v) is 0. The number of hydrogen-bond acceptors (Lipinski definition) is 2. The standard InChI is InChI=1S/C4H8O.C4H6O/c1-4(2)3-5;1-3-4(2)5/h3-4H,1-2H3;3H,1H2,2H3. The lowest BCUT2D eigenvalue weighted by Gasteiger charge is -1.78. The Labute approximate surface area is 61.9 Å². The maximum Gasteiger partial charge on any atom is 0.152 e. The predicted molar refractivity (Wildman–Crippen MR) is 41.8 cm³/mol. The van der Waals surface area contributed by atoms with E-state index in [1.54, 1.807) is 0 Å². The molecule has 2 nitrogen and oxygen atoms in total. The molecule has 0 N–H and O–H groups in total. The Hall–Kier alpha value is -0.920. The average molecular weight is 142 g/mol. The van der Waals surface area contributed by atoms with E-state index >= 15 is 0 Å². The molecule has 0 bridgehead atoms. The Balaban J connectivity index is 0. The van der Waals surface area contributed by atoms with Gasteiger partial charge in [0, 0.05) is 5.92 Å². The van der Waals surface area contributed by atoms with Gasteiger partial charge in [-0.3, -0.25) is 4.79 Å². The van der Waals surface area contributed by atoms with Crippen molar-refractivity contribution >= 4 is 12.1 Å². The van der Waals surface area contributed by atoms with Gasteiger partial charge in [0.2, 0.25) is 0 Å². The van der Waals surface area contributed by atoms with Crippen molar-refractivity contribution in [1.29, 1.82) is 0 Å². The Kier molecular flexibility index (Phi) is 9.56. The van der Waals surface area contributed by atoms with Crippen molar-refractivity contribution in [3.8, 4) is 0 Å². The van der Waals surface area contributed by atoms with Gasteiger partial charge < -0.3 is 4.79 Å². The summed E-state index contributed by atoms with van der Waals surface area (Å²) in [7, 11) is 0. The van der Waals surface area contributed by atoms with Crippen LogP contribution < -0.4 is 0 Å². The first-order chi connectivity index (χ1) is 4.54. The first-order valence-corrected chi connectivity index (χ1v) is 3.12. The van der Waals surface area contributed by atoms with Crippen LogP contribution in [-0.4, -0.2) is 12.1 Å². The molecule has 0 aliphatic heterocycles. The summed E-state index contributed by atoms with van der Waals surface area (Å²) < 4.78 is 0. The lowest BCUT2D eigenvalue weighted by atomic mass is 10.3. The second-order valence-corrected chi connectivity index (χ2v) is 2.19. The van der Waals surface area contributed by atoms with E-state index in [0.717, 1.165) is 6.29 Å². The summed E-state index contributed by atoms with van der Waals surface area (Å²) in [5, 5.41) is 0. The molecule has 0 spiro atoms. The Bertz CT molecular complexity index is 114. The predicted octanol–water partition coefficient (Wildman–Crippen LogP) is 1.60. The second kappa shape index (κ2) is 8.08. The third kappa shape index (κ3) is 27.6. The van der Waals surface area contributed by atoms with Crippen LogP contribution in [0.15, 0.2) is 12.7 Å². The van der Waals surface area contributed by atoms with Crippen molar-refractivity contribution < 1.29 is 9.59 Å². The summed E-state index contributed by atoms with van der Waals surface area (Å²) in [5.74, 6) is 0.222. The molecule has 0 amide bonds.